The largest absolute Gasteiger partial charge is 0.462 e. The highest BCUT2D eigenvalue weighted by Gasteiger charge is 2.01. The van der Waals surface area contributed by atoms with Crippen molar-refractivity contribution >= 4 is 12.0 Å². The molecule has 1 amide bonds. The van der Waals surface area contributed by atoms with Gasteiger partial charge in [0.2, 0.25) is 5.91 Å². The summed E-state index contributed by atoms with van der Waals surface area (Å²) in [5.41, 5.74) is 0. The summed E-state index contributed by atoms with van der Waals surface area (Å²) in [6.07, 6.45) is 4.09. The molecule has 0 unspecified atom stereocenters. The Morgan fingerprint density at radius 2 is 2.33 bits per heavy atom. The molecule has 0 aliphatic heterocycles. The summed E-state index contributed by atoms with van der Waals surface area (Å²) in [6.45, 7) is 5.88. The number of aryl methyl sites for hydroxylation is 1. The second-order valence-electron chi connectivity index (χ2n) is 3.60. The zero-order valence-corrected chi connectivity index (χ0v) is 9.41. The molecule has 0 radical (unpaired) electrons. The smallest absolute Gasteiger partial charge is 0.244 e. The molecule has 1 N–H and O–H groups in total. The van der Waals surface area contributed by atoms with Gasteiger partial charge in [-0.25, -0.2) is 0 Å². The van der Waals surface area contributed by atoms with Gasteiger partial charge in [0.05, 0.1) is 0 Å². The first-order valence-corrected chi connectivity index (χ1v) is 5.17. The van der Waals surface area contributed by atoms with Crippen molar-refractivity contribution in [1.82, 2.24) is 5.32 Å². The maximum atomic E-state index is 11.4. The first kappa shape index (κ1) is 11.6. The summed E-state index contributed by atoms with van der Waals surface area (Å²) in [6, 6.07) is 3.91. The first-order valence-electron chi connectivity index (χ1n) is 5.17. The van der Waals surface area contributed by atoms with Crippen LogP contribution in [-0.4, -0.2) is 11.9 Å². The van der Waals surface area contributed by atoms with Gasteiger partial charge >= 0.3 is 0 Å². The van der Waals surface area contributed by atoms with Crippen LogP contribution in [0, 0.1) is 6.92 Å². The summed E-state index contributed by atoms with van der Waals surface area (Å²) in [7, 11) is 0. The van der Waals surface area contributed by atoms with Gasteiger partial charge in [0.25, 0.3) is 0 Å². The van der Waals surface area contributed by atoms with Crippen LogP contribution in [0.1, 0.15) is 31.8 Å². The lowest BCUT2D eigenvalue weighted by Crippen LogP contribution is -2.30. The summed E-state index contributed by atoms with van der Waals surface area (Å²) in [5, 5.41) is 2.84. The molecule has 0 fully saturated rings. The summed E-state index contributed by atoms with van der Waals surface area (Å²) in [5.74, 6) is 1.46. The minimum absolute atomic E-state index is 0.0848. The molecule has 0 aliphatic carbocycles. The van der Waals surface area contributed by atoms with Crippen LogP contribution in [0.25, 0.3) is 6.08 Å². The molecule has 0 saturated carbocycles. The highest BCUT2D eigenvalue weighted by Crippen LogP contribution is 2.07. The van der Waals surface area contributed by atoms with Crippen LogP contribution in [-0.2, 0) is 4.79 Å². The second kappa shape index (κ2) is 5.39. The van der Waals surface area contributed by atoms with Crippen LogP contribution in [0.5, 0.6) is 0 Å². The van der Waals surface area contributed by atoms with E-state index in [0.29, 0.717) is 5.76 Å². The molecule has 3 nitrogen and oxygen atoms in total. The van der Waals surface area contributed by atoms with E-state index >= 15 is 0 Å². The number of carbonyl (C=O) groups excluding carboxylic acids is 1. The fourth-order valence-corrected chi connectivity index (χ4v) is 1.09. The van der Waals surface area contributed by atoms with Crippen molar-refractivity contribution in [1.29, 1.82) is 0 Å². The van der Waals surface area contributed by atoms with E-state index in [-0.39, 0.29) is 11.9 Å². The number of furan rings is 1. The molecule has 1 aromatic heterocycles. The van der Waals surface area contributed by atoms with Gasteiger partial charge in [-0.1, -0.05) is 6.92 Å². The van der Waals surface area contributed by atoms with E-state index in [0.717, 1.165) is 12.2 Å². The lowest BCUT2D eigenvalue weighted by atomic mass is 10.2. The normalized spacial score (nSPS) is 13.0. The topological polar surface area (TPSA) is 42.2 Å². The lowest BCUT2D eigenvalue weighted by Gasteiger charge is -2.08. The molecule has 1 atom stereocenters. The molecule has 1 rings (SSSR count). The molecule has 0 aliphatic rings. The molecular formula is C12H17NO2. The third-order valence-corrected chi connectivity index (χ3v) is 2.16. The average molecular weight is 207 g/mol. The van der Waals surface area contributed by atoms with Gasteiger partial charge in [-0.05, 0) is 38.5 Å². The Morgan fingerprint density at radius 1 is 1.60 bits per heavy atom. The van der Waals surface area contributed by atoms with E-state index in [1.807, 2.05) is 32.9 Å². The summed E-state index contributed by atoms with van der Waals surface area (Å²) >= 11 is 0. The summed E-state index contributed by atoms with van der Waals surface area (Å²) < 4.78 is 5.30. The molecule has 0 saturated heterocycles. The Kier molecular flexibility index (Phi) is 4.16. The van der Waals surface area contributed by atoms with Crippen molar-refractivity contribution in [2.75, 3.05) is 0 Å². The average Bonchev–Trinajstić information content (AvgIpc) is 2.61. The fourth-order valence-electron chi connectivity index (χ4n) is 1.09. The molecule has 1 heterocycles. The first-order chi connectivity index (χ1) is 7.11. The maximum Gasteiger partial charge on any atom is 0.244 e. The number of rotatable bonds is 4. The molecule has 0 bridgehead atoms. The number of carbonyl (C=O) groups is 1. The maximum absolute atomic E-state index is 11.4. The van der Waals surface area contributed by atoms with Crippen molar-refractivity contribution in [2.24, 2.45) is 0 Å². The van der Waals surface area contributed by atoms with E-state index in [2.05, 4.69) is 5.32 Å². The number of hydrogen-bond donors (Lipinski definition) is 1. The van der Waals surface area contributed by atoms with Crippen molar-refractivity contribution in [3.8, 4) is 0 Å². The molecular weight excluding hydrogens is 190 g/mol. The number of nitrogens with one attached hydrogen (secondary N) is 1. The lowest BCUT2D eigenvalue weighted by molar-refractivity contribution is -0.117. The van der Waals surface area contributed by atoms with E-state index in [1.165, 1.54) is 6.08 Å². The Bertz CT molecular complexity index is 352. The minimum atomic E-state index is -0.0848. The van der Waals surface area contributed by atoms with Gasteiger partial charge in [0.1, 0.15) is 11.5 Å². The van der Waals surface area contributed by atoms with Crippen molar-refractivity contribution in [2.45, 2.75) is 33.2 Å². The number of amides is 1. The van der Waals surface area contributed by atoms with Crippen molar-refractivity contribution in [3.63, 3.8) is 0 Å². The second-order valence-corrected chi connectivity index (χ2v) is 3.60. The molecule has 3 heteroatoms. The highest BCUT2D eigenvalue weighted by molar-refractivity contribution is 5.91. The molecule has 1 aromatic rings. The zero-order chi connectivity index (χ0) is 11.3. The van der Waals surface area contributed by atoms with Crippen molar-refractivity contribution < 1.29 is 9.21 Å². The molecule has 82 valence electrons. The van der Waals surface area contributed by atoms with E-state index < -0.39 is 0 Å². The van der Waals surface area contributed by atoms with Gasteiger partial charge in [0.15, 0.2) is 0 Å². The van der Waals surface area contributed by atoms with E-state index in [9.17, 15) is 4.79 Å². The van der Waals surface area contributed by atoms with E-state index in [1.54, 1.807) is 6.08 Å². The van der Waals surface area contributed by atoms with Crippen LogP contribution in [0.4, 0.5) is 0 Å². The molecule has 15 heavy (non-hydrogen) atoms. The predicted octanol–water partition coefficient (Wildman–Crippen LogP) is 2.52. The van der Waals surface area contributed by atoms with Crippen LogP contribution < -0.4 is 5.32 Å². The van der Waals surface area contributed by atoms with Crippen molar-refractivity contribution in [3.05, 3.63) is 29.7 Å². The molecule has 0 aromatic carbocycles. The van der Waals surface area contributed by atoms with Gasteiger partial charge in [-0.3, -0.25) is 4.79 Å². The fraction of sp³-hybridized carbons (Fsp3) is 0.417. The van der Waals surface area contributed by atoms with Crippen LogP contribution in [0.15, 0.2) is 22.6 Å². The SMILES string of the molecule is CC[C@@H](C)NC(=O)/C=C/c1ccc(C)o1. The van der Waals surface area contributed by atoms with Crippen LogP contribution >= 0.6 is 0 Å². The minimum Gasteiger partial charge on any atom is -0.462 e. The highest BCUT2D eigenvalue weighted by atomic mass is 16.3. The standard InChI is InChI=1S/C12H17NO2/c1-4-9(2)13-12(14)8-7-11-6-5-10(3)15-11/h5-9H,4H2,1-3H3,(H,13,14)/b8-7+/t9-/m1/s1. The van der Waals surface area contributed by atoms with Gasteiger partial charge in [-0.15, -0.1) is 0 Å². The third kappa shape index (κ3) is 4.02. The predicted molar refractivity (Wildman–Crippen MR) is 60.4 cm³/mol. The van der Waals surface area contributed by atoms with Gasteiger partial charge in [-0.2, -0.15) is 0 Å². The van der Waals surface area contributed by atoms with Crippen LogP contribution in [0.2, 0.25) is 0 Å². The zero-order valence-electron chi connectivity index (χ0n) is 9.41. The Morgan fingerprint density at radius 3 is 2.87 bits per heavy atom. The Labute approximate surface area is 90.2 Å². The number of hydrogen-bond acceptors (Lipinski definition) is 2. The Hall–Kier alpha value is -1.51. The third-order valence-electron chi connectivity index (χ3n) is 2.16. The van der Waals surface area contributed by atoms with Gasteiger partial charge in [0, 0.05) is 12.1 Å². The quantitative estimate of drug-likeness (QED) is 0.771. The van der Waals surface area contributed by atoms with E-state index in [4.69, 9.17) is 4.42 Å². The Balaban J connectivity index is 2.47. The summed E-state index contributed by atoms with van der Waals surface area (Å²) in [4.78, 5) is 11.4. The molecule has 0 spiro atoms. The van der Waals surface area contributed by atoms with Gasteiger partial charge < -0.3 is 9.73 Å². The monoisotopic (exact) mass is 207 g/mol. The van der Waals surface area contributed by atoms with Crippen LogP contribution in [0.3, 0.4) is 0 Å².